The number of piperidine rings is 1. The smallest absolute Gasteiger partial charge is 0.151 e. The topological polar surface area (TPSA) is 32.3 Å². The summed E-state index contributed by atoms with van der Waals surface area (Å²) >= 11 is 0. The minimum Gasteiger partial charge on any atom is -0.353 e. The van der Waals surface area contributed by atoms with Crippen LogP contribution in [0.5, 0.6) is 0 Å². The van der Waals surface area contributed by atoms with E-state index in [0.29, 0.717) is 0 Å². The maximum absolute atomic E-state index is 4.40. The van der Waals surface area contributed by atoms with Gasteiger partial charge in [0.2, 0.25) is 0 Å². The fourth-order valence-electron chi connectivity index (χ4n) is 3.78. The van der Waals surface area contributed by atoms with Gasteiger partial charge in [-0.3, -0.25) is 4.90 Å². The van der Waals surface area contributed by atoms with E-state index in [4.69, 9.17) is 0 Å². The summed E-state index contributed by atoms with van der Waals surface area (Å²) in [6.07, 6.45) is 5.68. The molecule has 4 fully saturated rings. The molecule has 4 heteroatoms. The van der Waals surface area contributed by atoms with E-state index in [1.807, 2.05) is 6.92 Å². The Morgan fingerprint density at radius 3 is 2.70 bits per heavy atom. The molecule has 2 bridgehead atoms. The minimum atomic E-state index is 0.734. The quantitative estimate of drug-likeness (QED) is 0.843. The maximum atomic E-state index is 4.40. The predicted octanol–water partition coefficient (Wildman–Crippen LogP) is 2.10. The van der Waals surface area contributed by atoms with Crippen LogP contribution >= 0.6 is 0 Å². The zero-order valence-corrected chi connectivity index (χ0v) is 12.3. The average molecular weight is 272 g/mol. The van der Waals surface area contributed by atoms with Crippen molar-refractivity contribution in [3.63, 3.8) is 0 Å². The summed E-state index contributed by atoms with van der Waals surface area (Å²) in [7, 11) is 0. The molecule has 4 aliphatic rings. The van der Waals surface area contributed by atoms with Crippen LogP contribution in [0.1, 0.15) is 31.4 Å². The van der Waals surface area contributed by atoms with Gasteiger partial charge >= 0.3 is 0 Å². The largest absolute Gasteiger partial charge is 0.353 e. The van der Waals surface area contributed by atoms with Crippen LogP contribution in [-0.4, -0.2) is 47.3 Å². The van der Waals surface area contributed by atoms with Gasteiger partial charge in [-0.15, -0.1) is 5.10 Å². The second-order valence-corrected chi connectivity index (χ2v) is 6.93. The van der Waals surface area contributed by atoms with Crippen LogP contribution in [0.3, 0.4) is 0 Å². The molecule has 0 unspecified atom stereocenters. The van der Waals surface area contributed by atoms with Crippen LogP contribution in [0.25, 0.3) is 0 Å². The molecule has 20 heavy (non-hydrogen) atoms. The van der Waals surface area contributed by atoms with Gasteiger partial charge in [0, 0.05) is 32.2 Å². The van der Waals surface area contributed by atoms with Gasteiger partial charge in [-0.05, 0) is 56.6 Å². The van der Waals surface area contributed by atoms with E-state index < -0.39 is 0 Å². The Balaban J connectivity index is 1.51. The van der Waals surface area contributed by atoms with Gasteiger partial charge in [0.15, 0.2) is 5.82 Å². The molecule has 3 saturated heterocycles. The highest BCUT2D eigenvalue weighted by atomic mass is 15.3. The molecule has 3 aliphatic heterocycles. The molecule has 108 valence electrons. The first kappa shape index (κ1) is 12.6. The highest BCUT2D eigenvalue weighted by molar-refractivity contribution is 5.38. The fourth-order valence-corrected chi connectivity index (χ4v) is 3.78. The van der Waals surface area contributed by atoms with Crippen molar-refractivity contribution in [1.82, 2.24) is 15.1 Å². The lowest BCUT2D eigenvalue weighted by molar-refractivity contribution is 0.128. The average Bonchev–Trinajstić information content (AvgIpc) is 3.27. The Morgan fingerprint density at radius 1 is 1.05 bits per heavy atom. The summed E-state index contributed by atoms with van der Waals surface area (Å²) < 4.78 is 0. The lowest BCUT2D eigenvalue weighted by atomic mass is 9.95. The van der Waals surface area contributed by atoms with E-state index >= 15 is 0 Å². The van der Waals surface area contributed by atoms with Crippen LogP contribution in [-0.2, 0) is 0 Å². The SMILES string of the molecule is Cc1ccc(N2C[C@H]3CC[C@@H](C2)N(CC2CC2)C3)nn1. The molecule has 0 amide bonds. The van der Waals surface area contributed by atoms with E-state index in [1.54, 1.807) is 0 Å². The summed E-state index contributed by atoms with van der Waals surface area (Å²) in [4.78, 5) is 5.25. The van der Waals surface area contributed by atoms with Crippen molar-refractivity contribution >= 4 is 5.82 Å². The highest BCUT2D eigenvalue weighted by Crippen LogP contribution is 2.35. The summed E-state index contributed by atoms with van der Waals surface area (Å²) in [5, 5.41) is 8.62. The molecular formula is C16H24N4. The maximum Gasteiger partial charge on any atom is 0.151 e. The van der Waals surface area contributed by atoms with Crippen molar-refractivity contribution in [2.45, 2.75) is 38.6 Å². The number of hydrogen-bond acceptors (Lipinski definition) is 4. The lowest BCUT2D eigenvalue weighted by Gasteiger charge is -2.36. The van der Waals surface area contributed by atoms with E-state index in [0.717, 1.165) is 42.5 Å². The number of rotatable bonds is 3. The van der Waals surface area contributed by atoms with Gasteiger partial charge in [0.1, 0.15) is 0 Å². The molecular weight excluding hydrogens is 248 g/mol. The number of aryl methyl sites for hydroxylation is 1. The summed E-state index contributed by atoms with van der Waals surface area (Å²) in [6, 6.07) is 4.95. The van der Waals surface area contributed by atoms with Crippen LogP contribution in [0, 0.1) is 18.8 Å². The predicted molar refractivity (Wildman–Crippen MR) is 79.8 cm³/mol. The molecule has 1 aromatic heterocycles. The molecule has 0 radical (unpaired) electrons. The Labute approximate surface area is 121 Å². The Morgan fingerprint density at radius 2 is 1.95 bits per heavy atom. The number of aromatic nitrogens is 2. The summed E-state index contributed by atoms with van der Waals surface area (Å²) in [5.74, 6) is 2.89. The fraction of sp³-hybridized carbons (Fsp3) is 0.750. The number of anilines is 1. The second kappa shape index (κ2) is 4.99. The molecule has 0 N–H and O–H groups in total. The third kappa shape index (κ3) is 2.53. The standard InChI is InChI=1S/C16H24N4/c1-12-2-7-16(18-17-12)20-10-14-5-6-15(11-20)19(9-14)8-13-3-4-13/h2,7,13-15H,3-6,8-11H2,1H3/t14-,15-/m0/s1. The first-order valence-corrected chi connectivity index (χ1v) is 8.07. The molecule has 0 spiro atoms. The molecule has 4 heterocycles. The third-order valence-electron chi connectivity index (χ3n) is 5.12. The zero-order chi connectivity index (χ0) is 13.5. The van der Waals surface area contributed by atoms with Gasteiger partial charge in [0.25, 0.3) is 0 Å². The normalized spacial score (nSPS) is 30.6. The monoisotopic (exact) mass is 272 g/mol. The Hall–Kier alpha value is -1.16. The lowest BCUT2D eigenvalue weighted by Crippen LogP contribution is -2.44. The van der Waals surface area contributed by atoms with Gasteiger partial charge < -0.3 is 4.90 Å². The van der Waals surface area contributed by atoms with Crippen molar-refractivity contribution in [2.24, 2.45) is 11.8 Å². The molecule has 1 aromatic rings. The Kier molecular flexibility index (Phi) is 3.14. The van der Waals surface area contributed by atoms with Crippen LogP contribution < -0.4 is 4.90 Å². The molecule has 4 nitrogen and oxygen atoms in total. The first-order chi connectivity index (χ1) is 9.78. The second-order valence-electron chi connectivity index (χ2n) is 6.93. The number of fused-ring (bicyclic) bond motifs is 4. The van der Waals surface area contributed by atoms with E-state index in [9.17, 15) is 0 Å². The molecule has 0 aromatic carbocycles. The van der Waals surface area contributed by atoms with Crippen LogP contribution in [0.4, 0.5) is 5.82 Å². The van der Waals surface area contributed by atoms with Gasteiger partial charge in [-0.25, -0.2) is 0 Å². The molecule has 2 atom stereocenters. The van der Waals surface area contributed by atoms with E-state index in [-0.39, 0.29) is 0 Å². The number of hydrogen-bond donors (Lipinski definition) is 0. The van der Waals surface area contributed by atoms with Crippen LogP contribution in [0.15, 0.2) is 12.1 Å². The molecule has 1 aliphatic carbocycles. The van der Waals surface area contributed by atoms with Crippen molar-refractivity contribution in [3.8, 4) is 0 Å². The third-order valence-corrected chi connectivity index (χ3v) is 5.12. The summed E-state index contributed by atoms with van der Waals surface area (Å²) in [5.41, 5.74) is 1.00. The first-order valence-electron chi connectivity index (χ1n) is 8.07. The minimum absolute atomic E-state index is 0.734. The van der Waals surface area contributed by atoms with Crippen LogP contribution in [0.2, 0.25) is 0 Å². The molecule has 5 rings (SSSR count). The van der Waals surface area contributed by atoms with Crippen molar-refractivity contribution < 1.29 is 0 Å². The highest BCUT2D eigenvalue weighted by Gasteiger charge is 2.37. The van der Waals surface area contributed by atoms with Crippen molar-refractivity contribution in [3.05, 3.63) is 17.8 Å². The van der Waals surface area contributed by atoms with E-state index in [1.165, 1.54) is 38.8 Å². The number of nitrogens with zero attached hydrogens (tertiary/aromatic N) is 4. The summed E-state index contributed by atoms with van der Waals surface area (Å²) in [6.45, 7) is 6.95. The molecule has 1 saturated carbocycles. The van der Waals surface area contributed by atoms with E-state index in [2.05, 4.69) is 32.1 Å². The Bertz CT molecular complexity index is 468. The van der Waals surface area contributed by atoms with Gasteiger partial charge in [-0.1, -0.05) is 0 Å². The van der Waals surface area contributed by atoms with Gasteiger partial charge in [-0.2, -0.15) is 5.10 Å². The van der Waals surface area contributed by atoms with Crippen molar-refractivity contribution in [1.29, 1.82) is 0 Å². The zero-order valence-electron chi connectivity index (χ0n) is 12.3. The van der Waals surface area contributed by atoms with Gasteiger partial charge in [0.05, 0.1) is 5.69 Å². The van der Waals surface area contributed by atoms with Crippen molar-refractivity contribution in [2.75, 3.05) is 31.1 Å².